The van der Waals surface area contributed by atoms with Crippen LogP contribution in [0.3, 0.4) is 0 Å². The Hall–Kier alpha value is -2.84. The maximum Gasteiger partial charge on any atom is 0.293 e. The molecule has 0 radical (unpaired) electrons. The van der Waals surface area contributed by atoms with Crippen LogP contribution in [-0.2, 0) is 11.3 Å². The van der Waals surface area contributed by atoms with Gasteiger partial charge < -0.3 is 5.11 Å². The summed E-state index contributed by atoms with van der Waals surface area (Å²) in [5.41, 5.74) is 2.88. The zero-order valence-electron chi connectivity index (χ0n) is 17.6. The van der Waals surface area contributed by atoms with E-state index in [1.807, 2.05) is 13.0 Å². The van der Waals surface area contributed by atoms with Gasteiger partial charge in [0.1, 0.15) is 5.75 Å². The first kappa shape index (κ1) is 24.3. The quantitative estimate of drug-likeness (QED) is 0.264. The van der Waals surface area contributed by atoms with Crippen LogP contribution in [0.4, 0.5) is 16.2 Å². The second kappa shape index (κ2) is 10.2. The zero-order valence-corrected chi connectivity index (χ0v) is 20.7. The van der Waals surface area contributed by atoms with Crippen LogP contribution in [0.2, 0.25) is 15.1 Å². The molecule has 172 valence electrons. The van der Waals surface area contributed by atoms with Gasteiger partial charge in [-0.3, -0.25) is 14.5 Å². The van der Waals surface area contributed by atoms with Gasteiger partial charge in [0.15, 0.2) is 0 Å². The van der Waals surface area contributed by atoms with E-state index < -0.39 is 11.1 Å². The number of hydrogen-bond donors (Lipinski definition) is 1. The number of thioether (sulfide) groups is 1. The Bertz CT molecular complexity index is 1370. The number of aromatic hydroxyl groups is 1. The zero-order chi connectivity index (χ0) is 24.4. The molecule has 3 aromatic rings. The van der Waals surface area contributed by atoms with E-state index >= 15 is 0 Å². The molecule has 0 unspecified atom stereocenters. The van der Waals surface area contributed by atoms with Gasteiger partial charge in [0.2, 0.25) is 0 Å². The van der Waals surface area contributed by atoms with Crippen molar-refractivity contribution >= 4 is 75.2 Å². The van der Waals surface area contributed by atoms with E-state index in [2.05, 4.69) is 10.2 Å². The minimum atomic E-state index is -0.484. The van der Waals surface area contributed by atoms with E-state index in [4.69, 9.17) is 34.8 Å². The maximum absolute atomic E-state index is 12.9. The minimum absolute atomic E-state index is 0.0113. The molecule has 0 aliphatic carbocycles. The number of carbonyl (C=O) groups excluding carboxylic acids is 2. The number of amides is 2. The average Bonchev–Trinajstić information content (AvgIpc) is 3.05. The summed E-state index contributed by atoms with van der Waals surface area (Å²) >= 11 is 19.0. The van der Waals surface area contributed by atoms with Gasteiger partial charge in [-0.1, -0.05) is 46.9 Å². The molecule has 0 spiro atoms. The van der Waals surface area contributed by atoms with Gasteiger partial charge in [0.05, 0.1) is 22.8 Å². The lowest BCUT2D eigenvalue weighted by molar-refractivity contribution is -0.123. The number of nitrogens with zero attached hydrogens (tertiary/aromatic N) is 3. The fourth-order valence-electron chi connectivity index (χ4n) is 3.08. The highest BCUT2D eigenvalue weighted by Gasteiger charge is 2.35. The Labute approximate surface area is 214 Å². The van der Waals surface area contributed by atoms with Gasteiger partial charge >= 0.3 is 0 Å². The molecular formula is C24H16Cl3N3O3S. The third-order valence-corrected chi connectivity index (χ3v) is 6.85. The monoisotopic (exact) mass is 531 g/mol. The largest absolute Gasteiger partial charge is 0.507 e. The second-order valence-corrected chi connectivity index (χ2v) is 9.62. The van der Waals surface area contributed by atoms with Gasteiger partial charge in [-0.25, -0.2) is 0 Å². The summed E-state index contributed by atoms with van der Waals surface area (Å²) in [5, 5.41) is 19.6. The maximum atomic E-state index is 12.9. The first-order valence-electron chi connectivity index (χ1n) is 9.91. The number of benzene rings is 3. The van der Waals surface area contributed by atoms with Crippen LogP contribution in [0, 0.1) is 6.92 Å². The van der Waals surface area contributed by atoms with E-state index in [0.29, 0.717) is 37.6 Å². The molecule has 1 fully saturated rings. The van der Waals surface area contributed by atoms with E-state index in [1.165, 1.54) is 12.1 Å². The molecule has 1 N–H and O–H groups in total. The molecule has 1 heterocycles. The summed E-state index contributed by atoms with van der Waals surface area (Å²) in [6.07, 6.45) is 1.45. The van der Waals surface area contributed by atoms with Crippen molar-refractivity contribution in [1.82, 2.24) is 4.90 Å². The van der Waals surface area contributed by atoms with Crippen molar-refractivity contribution in [3.8, 4) is 5.75 Å². The summed E-state index contributed by atoms with van der Waals surface area (Å²) in [7, 11) is 0. The predicted molar refractivity (Wildman–Crippen MR) is 136 cm³/mol. The minimum Gasteiger partial charge on any atom is -0.507 e. The molecule has 0 saturated carbocycles. The molecule has 1 saturated heterocycles. The van der Waals surface area contributed by atoms with Crippen molar-refractivity contribution < 1.29 is 14.7 Å². The number of aryl methyl sites for hydroxylation is 1. The average molecular weight is 533 g/mol. The molecule has 0 bridgehead atoms. The Morgan fingerprint density at radius 1 is 0.941 bits per heavy atom. The molecule has 1 aliphatic rings. The van der Waals surface area contributed by atoms with Crippen LogP contribution in [0.5, 0.6) is 5.75 Å². The van der Waals surface area contributed by atoms with Gasteiger partial charge in [0, 0.05) is 20.6 Å². The normalized spacial score (nSPS) is 15.2. The first-order valence-corrected chi connectivity index (χ1v) is 11.9. The van der Waals surface area contributed by atoms with Gasteiger partial charge in [-0.2, -0.15) is 10.2 Å². The van der Waals surface area contributed by atoms with Crippen LogP contribution in [0.1, 0.15) is 16.7 Å². The SMILES string of the molecule is Cc1ccc(N=Nc2ccc(O)c(/C=C3\SC(=O)N(Cc4ccc(Cl)cc4Cl)C3=O)c2)cc1Cl. The van der Waals surface area contributed by atoms with E-state index in [-0.39, 0.29) is 17.2 Å². The lowest BCUT2D eigenvalue weighted by Gasteiger charge is -2.13. The smallest absolute Gasteiger partial charge is 0.293 e. The second-order valence-electron chi connectivity index (χ2n) is 7.38. The summed E-state index contributed by atoms with van der Waals surface area (Å²) in [5.74, 6) is -0.549. The van der Waals surface area contributed by atoms with Crippen molar-refractivity contribution in [3.63, 3.8) is 0 Å². The van der Waals surface area contributed by atoms with E-state index in [9.17, 15) is 14.7 Å². The highest BCUT2D eigenvalue weighted by Crippen LogP contribution is 2.36. The summed E-state index contributed by atoms with van der Waals surface area (Å²) in [6, 6.07) is 14.8. The Morgan fingerprint density at radius 2 is 1.65 bits per heavy atom. The fourth-order valence-corrected chi connectivity index (χ4v) is 4.55. The van der Waals surface area contributed by atoms with Crippen LogP contribution < -0.4 is 0 Å². The number of hydrogen-bond acceptors (Lipinski definition) is 6. The lowest BCUT2D eigenvalue weighted by Crippen LogP contribution is -2.27. The highest BCUT2D eigenvalue weighted by molar-refractivity contribution is 8.18. The molecule has 34 heavy (non-hydrogen) atoms. The first-order chi connectivity index (χ1) is 16.2. The molecule has 0 aromatic heterocycles. The van der Waals surface area contributed by atoms with Crippen molar-refractivity contribution in [2.45, 2.75) is 13.5 Å². The Morgan fingerprint density at radius 3 is 2.35 bits per heavy atom. The van der Waals surface area contributed by atoms with Gasteiger partial charge in [-0.15, -0.1) is 0 Å². The number of carbonyl (C=O) groups is 2. The highest BCUT2D eigenvalue weighted by atomic mass is 35.5. The molecule has 1 aliphatic heterocycles. The molecule has 0 atom stereocenters. The number of phenols is 1. The number of imide groups is 1. The standard InChI is InChI=1S/C24H16Cl3N3O3S/c1-13-2-5-18(11-19(13)26)29-28-17-6-7-21(31)15(8-17)9-22-23(32)30(24(33)34-22)12-14-3-4-16(25)10-20(14)27/h2-11,31H,12H2,1H3/b22-9-,29-28?. The van der Waals surface area contributed by atoms with E-state index in [0.717, 1.165) is 22.2 Å². The molecule has 10 heteroatoms. The number of halogens is 3. The molecule has 3 aromatic carbocycles. The fraction of sp³-hybridized carbons (Fsp3) is 0.0833. The third-order valence-electron chi connectivity index (χ3n) is 4.95. The van der Waals surface area contributed by atoms with Crippen LogP contribution in [0.25, 0.3) is 6.08 Å². The van der Waals surface area contributed by atoms with Crippen LogP contribution in [-0.4, -0.2) is 21.2 Å². The summed E-state index contributed by atoms with van der Waals surface area (Å²) in [4.78, 5) is 26.6. The van der Waals surface area contributed by atoms with Crippen molar-refractivity contribution in [2.24, 2.45) is 10.2 Å². The van der Waals surface area contributed by atoms with Gasteiger partial charge in [-0.05, 0) is 78.4 Å². The summed E-state index contributed by atoms with van der Waals surface area (Å²) in [6.45, 7) is 1.90. The van der Waals surface area contributed by atoms with Crippen molar-refractivity contribution in [1.29, 1.82) is 0 Å². The van der Waals surface area contributed by atoms with Crippen molar-refractivity contribution in [3.05, 3.63) is 91.3 Å². The topological polar surface area (TPSA) is 82.3 Å². The predicted octanol–water partition coefficient (Wildman–Crippen LogP) is 8.31. The van der Waals surface area contributed by atoms with Gasteiger partial charge in [0.25, 0.3) is 11.1 Å². The van der Waals surface area contributed by atoms with Crippen LogP contribution >= 0.6 is 46.6 Å². The Balaban J connectivity index is 1.56. The Kier molecular flexibility index (Phi) is 7.28. The summed E-state index contributed by atoms with van der Waals surface area (Å²) < 4.78 is 0. The van der Waals surface area contributed by atoms with E-state index in [1.54, 1.807) is 42.5 Å². The van der Waals surface area contributed by atoms with Crippen molar-refractivity contribution in [2.75, 3.05) is 0 Å². The molecule has 4 rings (SSSR count). The molecule has 6 nitrogen and oxygen atoms in total. The molecule has 2 amide bonds. The lowest BCUT2D eigenvalue weighted by atomic mass is 10.1. The molecular weight excluding hydrogens is 517 g/mol. The van der Waals surface area contributed by atoms with Crippen LogP contribution in [0.15, 0.2) is 69.7 Å². The number of rotatable bonds is 5. The number of azo groups is 1. The third kappa shape index (κ3) is 5.45. The number of phenolic OH excluding ortho intramolecular Hbond substituents is 1.